The summed E-state index contributed by atoms with van der Waals surface area (Å²) in [5, 5.41) is 4.42. The summed E-state index contributed by atoms with van der Waals surface area (Å²) in [4.78, 5) is 12.5. The van der Waals surface area contributed by atoms with Gasteiger partial charge in [0, 0.05) is 11.8 Å². The highest BCUT2D eigenvalue weighted by molar-refractivity contribution is 7.89. The summed E-state index contributed by atoms with van der Waals surface area (Å²) in [6.07, 6.45) is 0. The first-order valence-electron chi connectivity index (χ1n) is 8.64. The maximum Gasteiger partial charge on any atom is 0.242 e. The van der Waals surface area contributed by atoms with Crippen LogP contribution in [0.25, 0.3) is 10.8 Å². The molecule has 7 nitrogen and oxygen atoms in total. The minimum absolute atomic E-state index is 0.105. The Kier molecular flexibility index (Phi) is 4.66. The molecule has 0 aliphatic carbocycles. The molecule has 0 fully saturated rings. The largest absolute Gasteiger partial charge is 0.454 e. The van der Waals surface area contributed by atoms with Crippen LogP contribution < -0.4 is 19.5 Å². The van der Waals surface area contributed by atoms with Gasteiger partial charge in [-0.15, -0.1) is 0 Å². The van der Waals surface area contributed by atoms with Crippen molar-refractivity contribution in [1.82, 2.24) is 4.72 Å². The molecule has 0 spiro atoms. The Balaban J connectivity index is 1.48. The van der Waals surface area contributed by atoms with E-state index < -0.39 is 22.0 Å². The lowest BCUT2D eigenvalue weighted by molar-refractivity contribution is -0.117. The fourth-order valence-corrected chi connectivity index (χ4v) is 4.15. The van der Waals surface area contributed by atoms with Crippen LogP contribution >= 0.6 is 0 Å². The minimum atomic E-state index is -3.85. The molecule has 144 valence electrons. The molecule has 0 aromatic heterocycles. The molecule has 3 aromatic carbocycles. The molecule has 1 aliphatic rings. The molecule has 3 aromatic rings. The topological polar surface area (TPSA) is 93.7 Å². The monoisotopic (exact) mass is 398 g/mol. The van der Waals surface area contributed by atoms with E-state index in [4.69, 9.17) is 9.47 Å². The molecule has 2 N–H and O–H groups in total. The molecular weight excluding hydrogens is 380 g/mol. The third-order valence-electron chi connectivity index (χ3n) is 4.40. The Morgan fingerprint density at radius 2 is 1.71 bits per heavy atom. The Morgan fingerprint density at radius 3 is 2.54 bits per heavy atom. The van der Waals surface area contributed by atoms with Crippen molar-refractivity contribution in [3.63, 3.8) is 0 Å². The van der Waals surface area contributed by atoms with E-state index >= 15 is 0 Å². The van der Waals surface area contributed by atoms with Crippen molar-refractivity contribution in [2.24, 2.45) is 0 Å². The second-order valence-electron chi connectivity index (χ2n) is 6.41. The van der Waals surface area contributed by atoms with E-state index in [2.05, 4.69) is 10.0 Å². The van der Waals surface area contributed by atoms with Gasteiger partial charge in [-0.25, -0.2) is 8.42 Å². The quantitative estimate of drug-likeness (QED) is 0.689. The second-order valence-corrected chi connectivity index (χ2v) is 8.12. The lowest BCUT2D eigenvalue weighted by Gasteiger charge is -2.15. The number of hydrogen-bond donors (Lipinski definition) is 2. The number of ether oxygens (including phenoxy) is 2. The van der Waals surface area contributed by atoms with Gasteiger partial charge in [-0.2, -0.15) is 4.72 Å². The maximum absolute atomic E-state index is 12.7. The molecule has 8 heteroatoms. The normalized spacial score (nSPS) is 14.0. The van der Waals surface area contributed by atoms with Gasteiger partial charge in [0.25, 0.3) is 0 Å². The zero-order chi connectivity index (χ0) is 19.7. The average Bonchev–Trinajstić information content (AvgIpc) is 3.15. The average molecular weight is 398 g/mol. The Hall–Kier alpha value is -3.10. The van der Waals surface area contributed by atoms with Crippen molar-refractivity contribution in [1.29, 1.82) is 0 Å². The van der Waals surface area contributed by atoms with Gasteiger partial charge in [0.1, 0.15) is 0 Å². The zero-order valence-electron chi connectivity index (χ0n) is 15.0. The van der Waals surface area contributed by atoms with E-state index in [1.165, 1.54) is 13.0 Å². The maximum atomic E-state index is 12.7. The number of carbonyl (C=O) groups excluding carboxylic acids is 1. The van der Waals surface area contributed by atoms with E-state index in [-0.39, 0.29) is 11.7 Å². The number of rotatable bonds is 5. The first-order valence-corrected chi connectivity index (χ1v) is 10.1. The van der Waals surface area contributed by atoms with E-state index in [0.717, 1.165) is 10.8 Å². The first-order chi connectivity index (χ1) is 13.4. The van der Waals surface area contributed by atoms with E-state index in [1.54, 1.807) is 30.3 Å². The molecule has 1 amide bonds. The van der Waals surface area contributed by atoms with Gasteiger partial charge in [-0.05, 0) is 42.0 Å². The standard InChI is InChI=1S/C20H18N2O5S/c1-13(20(23)21-16-7-9-18-19(11-16)27-12-26-18)22-28(24,25)17-8-6-14-4-2-3-5-15(14)10-17/h2-11,13,22H,12H2,1H3,(H,21,23)/t13-/m1/s1. The van der Waals surface area contributed by atoms with Crippen molar-refractivity contribution >= 4 is 32.4 Å². The summed E-state index contributed by atoms with van der Waals surface area (Å²) >= 11 is 0. The van der Waals surface area contributed by atoms with Crippen molar-refractivity contribution in [2.75, 3.05) is 12.1 Å². The molecule has 0 saturated heterocycles. The third-order valence-corrected chi connectivity index (χ3v) is 5.93. The summed E-state index contributed by atoms with van der Waals surface area (Å²) < 4.78 is 38.2. The van der Waals surface area contributed by atoms with E-state index in [1.807, 2.05) is 24.3 Å². The highest BCUT2D eigenvalue weighted by atomic mass is 32.2. The Labute approximate surface area is 162 Å². The Morgan fingerprint density at radius 1 is 0.964 bits per heavy atom. The van der Waals surface area contributed by atoms with Gasteiger partial charge in [-0.3, -0.25) is 4.79 Å². The van der Waals surface area contributed by atoms with Crippen LogP contribution in [-0.2, 0) is 14.8 Å². The van der Waals surface area contributed by atoms with Crippen LogP contribution in [0.3, 0.4) is 0 Å². The van der Waals surface area contributed by atoms with Crippen LogP contribution in [0.1, 0.15) is 6.92 Å². The van der Waals surface area contributed by atoms with Gasteiger partial charge < -0.3 is 14.8 Å². The smallest absolute Gasteiger partial charge is 0.242 e. The zero-order valence-corrected chi connectivity index (χ0v) is 15.8. The number of sulfonamides is 1. The fraction of sp³-hybridized carbons (Fsp3) is 0.150. The van der Waals surface area contributed by atoms with Crippen LogP contribution in [0.15, 0.2) is 65.6 Å². The lowest BCUT2D eigenvalue weighted by Crippen LogP contribution is -2.41. The predicted octanol–water partition coefficient (Wildman–Crippen LogP) is 2.87. The Bertz CT molecular complexity index is 1160. The molecule has 1 aliphatic heterocycles. The van der Waals surface area contributed by atoms with Gasteiger partial charge >= 0.3 is 0 Å². The number of amides is 1. The summed E-state index contributed by atoms with van der Waals surface area (Å²) in [5.41, 5.74) is 0.492. The SMILES string of the molecule is C[C@@H](NS(=O)(=O)c1ccc2ccccc2c1)C(=O)Nc1ccc2c(c1)OCO2. The van der Waals surface area contributed by atoms with Crippen molar-refractivity contribution in [2.45, 2.75) is 17.9 Å². The minimum Gasteiger partial charge on any atom is -0.454 e. The fourth-order valence-electron chi connectivity index (χ4n) is 2.91. The number of fused-ring (bicyclic) bond motifs is 2. The number of benzene rings is 3. The molecule has 4 rings (SSSR count). The summed E-state index contributed by atoms with van der Waals surface area (Å²) in [5.74, 6) is 0.647. The molecule has 0 saturated carbocycles. The highest BCUT2D eigenvalue weighted by Crippen LogP contribution is 2.34. The summed E-state index contributed by atoms with van der Waals surface area (Å²) in [7, 11) is -3.85. The highest BCUT2D eigenvalue weighted by Gasteiger charge is 2.23. The van der Waals surface area contributed by atoms with Gasteiger partial charge in [0.2, 0.25) is 22.7 Å². The van der Waals surface area contributed by atoms with Crippen LogP contribution in [0.2, 0.25) is 0 Å². The van der Waals surface area contributed by atoms with Crippen LogP contribution in [0.5, 0.6) is 11.5 Å². The van der Waals surface area contributed by atoms with Crippen molar-refractivity contribution in [3.05, 3.63) is 60.7 Å². The van der Waals surface area contributed by atoms with Crippen LogP contribution in [-0.4, -0.2) is 27.2 Å². The molecule has 0 bridgehead atoms. The number of carbonyl (C=O) groups is 1. The lowest BCUT2D eigenvalue weighted by atomic mass is 10.1. The predicted molar refractivity (Wildman–Crippen MR) is 105 cm³/mol. The van der Waals surface area contributed by atoms with Gasteiger partial charge in [0.05, 0.1) is 10.9 Å². The third kappa shape index (κ3) is 3.64. The molecule has 1 heterocycles. The number of nitrogens with one attached hydrogen (secondary N) is 2. The van der Waals surface area contributed by atoms with Crippen LogP contribution in [0.4, 0.5) is 5.69 Å². The first kappa shape index (κ1) is 18.3. The summed E-state index contributed by atoms with van der Waals surface area (Å²) in [6.45, 7) is 1.62. The van der Waals surface area contributed by atoms with Crippen LogP contribution in [0, 0.1) is 0 Å². The molecule has 1 atom stereocenters. The van der Waals surface area contributed by atoms with Gasteiger partial charge in [-0.1, -0.05) is 30.3 Å². The van der Waals surface area contributed by atoms with Gasteiger partial charge in [0.15, 0.2) is 11.5 Å². The number of hydrogen-bond acceptors (Lipinski definition) is 5. The molecule has 0 unspecified atom stereocenters. The molecule has 0 radical (unpaired) electrons. The van der Waals surface area contributed by atoms with Crippen molar-refractivity contribution in [3.8, 4) is 11.5 Å². The van der Waals surface area contributed by atoms with Crippen molar-refractivity contribution < 1.29 is 22.7 Å². The second kappa shape index (κ2) is 7.14. The van der Waals surface area contributed by atoms with E-state index in [9.17, 15) is 13.2 Å². The molecular formula is C20H18N2O5S. The van der Waals surface area contributed by atoms with E-state index in [0.29, 0.717) is 17.2 Å². The summed E-state index contributed by atoms with van der Waals surface area (Å²) in [6, 6.07) is 16.3. The molecule has 28 heavy (non-hydrogen) atoms. The number of anilines is 1.